The van der Waals surface area contributed by atoms with Gasteiger partial charge in [0.15, 0.2) is 11.5 Å². The molecule has 27 heavy (non-hydrogen) atoms. The van der Waals surface area contributed by atoms with Crippen LogP contribution in [-0.2, 0) is 6.54 Å². The van der Waals surface area contributed by atoms with Crippen molar-refractivity contribution < 1.29 is 13.9 Å². The lowest BCUT2D eigenvalue weighted by Gasteiger charge is -2.25. The van der Waals surface area contributed by atoms with E-state index >= 15 is 0 Å². The maximum Gasteiger partial charge on any atom is 0.434 e. The Labute approximate surface area is 155 Å². The summed E-state index contributed by atoms with van der Waals surface area (Å²) < 4.78 is 15.9. The lowest BCUT2D eigenvalue weighted by Crippen LogP contribution is -2.22. The minimum Gasteiger partial charge on any atom is -0.454 e. The quantitative estimate of drug-likeness (QED) is 0.765. The maximum absolute atomic E-state index is 11.1. The fraction of sp³-hybridized carbons (Fsp3) is 0.300. The largest absolute Gasteiger partial charge is 0.454 e. The number of aromatic amines is 1. The minimum absolute atomic E-state index is 0.301. The smallest absolute Gasteiger partial charge is 0.434 e. The van der Waals surface area contributed by atoms with Gasteiger partial charge in [0.25, 0.3) is 0 Å². The van der Waals surface area contributed by atoms with E-state index in [0.717, 1.165) is 36.6 Å². The fourth-order valence-electron chi connectivity index (χ4n) is 3.85. The molecule has 2 aromatic carbocycles. The average Bonchev–Trinajstić information content (AvgIpc) is 3.42. The van der Waals surface area contributed by atoms with Gasteiger partial charge >= 0.3 is 5.76 Å². The summed E-state index contributed by atoms with van der Waals surface area (Å²) in [4.78, 5) is 13.6. The number of fused-ring (bicyclic) bond motifs is 1. The predicted molar refractivity (Wildman–Crippen MR) is 97.5 cm³/mol. The van der Waals surface area contributed by atoms with E-state index in [4.69, 9.17) is 13.9 Å². The Morgan fingerprint density at radius 1 is 1.11 bits per heavy atom. The van der Waals surface area contributed by atoms with Gasteiger partial charge in [0.05, 0.1) is 0 Å². The molecule has 3 heterocycles. The molecule has 7 nitrogen and oxygen atoms in total. The van der Waals surface area contributed by atoms with Crippen LogP contribution in [0.4, 0.5) is 0 Å². The van der Waals surface area contributed by atoms with Gasteiger partial charge < -0.3 is 13.9 Å². The number of nitrogens with zero attached hydrogens (tertiary/aromatic N) is 2. The Morgan fingerprint density at radius 3 is 2.78 bits per heavy atom. The third-order valence-corrected chi connectivity index (χ3v) is 5.17. The number of rotatable bonds is 4. The third-order valence-electron chi connectivity index (χ3n) is 5.17. The summed E-state index contributed by atoms with van der Waals surface area (Å²) in [5.74, 6) is 1.43. The molecule has 1 N–H and O–H groups in total. The molecule has 3 aromatic rings. The SMILES string of the molecule is O=c1[nH]nc(-c2ccc(CN3CCCC3c3ccc4c(c3)OCO4)cc2)o1. The zero-order valence-corrected chi connectivity index (χ0v) is 14.7. The number of likely N-dealkylation sites (tertiary alicyclic amines) is 1. The van der Waals surface area contributed by atoms with E-state index in [1.807, 2.05) is 18.2 Å². The Kier molecular flexibility index (Phi) is 3.94. The van der Waals surface area contributed by atoms with Crippen LogP contribution in [0.15, 0.2) is 51.7 Å². The van der Waals surface area contributed by atoms with Gasteiger partial charge in [-0.3, -0.25) is 4.90 Å². The van der Waals surface area contributed by atoms with E-state index in [9.17, 15) is 4.79 Å². The third kappa shape index (κ3) is 3.10. The van der Waals surface area contributed by atoms with Gasteiger partial charge in [0.1, 0.15) is 0 Å². The summed E-state index contributed by atoms with van der Waals surface area (Å²) in [6.45, 7) is 2.23. The van der Waals surface area contributed by atoms with Crippen LogP contribution in [0.1, 0.15) is 30.0 Å². The molecule has 1 fully saturated rings. The van der Waals surface area contributed by atoms with Crippen molar-refractivity contribution in [2.24, 2.45) is 0 Å². The highest BCUT2D eigenvalue weighted by atomic mass is 16.7. The first kappa shape index (κ1) is 16.1. The van der Waals surface area contributed by atoms with Gasteiger partial charge in [-0.05, 0) is 54.8 Å². The van der Waals surface area contributed by atoms with Crippen LogP contribution >= 0.6 is 0 Å². The molecule has 0 spiro atoms. The predicted octanol–water partition coefficient (Wildman–Crippen LogP) is 3.10. The van der Waals surface area contributed by atoms with Crippen molar-refractivity contribution in [3.63, 3.8) is 0 Å². The topological polar surface area (TPSA) is 80.6 Å². The van der Waals surface area contributed by atoms with Crippen molar-refractivity contribution in [3.8, 4) is 23.0 Å². The number of ether oxygens (including phenoxy) is 2. The van der Waals surface area contributed by atoms with Crippen LogP contribution < -0.4 is 15.2 Å². The average molecular weight is 365 g/mol. The summed E-state index contributed by atoms with van der Waals surface area (Å²) in [6.07, 6.45) is 2.31. The van der Waals surface area contributed by atoms with E-state index in [0.29, 0.717) is 18.7 Å². The van der Waals surface area contributed by atoms with Gasteiger partial charge in [-0.1, -0.05) is 18.2 Å². The molecule has 0 saturated carbocycles. The molecule has 2 aliphatic rings. The summed E-state index contributed by atoms with van der Waals surface area (Å²) in [7, 11) is 0. The molecule has 1 aromatic heterocycles. The van der Waals surface area contributed by atoms with E-state index in [1.165, 1.54) is 17.5 Å². The Morgan fingerprint density at radius 2 is 1.96 bits per heavy atom. The summed E-state index contributed by atoms with van der Waals surface area (Å²) in [6, 6.07) is 14.6. The molecule has 0 radical (unpaired) electrons. The molecule has 0 bridgehead atoms. The van der Waals surface area contributed by atoms with Gasteiger partial charge in [-0.2, -0.15) is 0 Å². The van der Waals surface area contributed by atoms with Crippen molar-refractivity contribution in [1.82, 2.24) is 15.1 Å². The molecule has 7 heteroatoms. The van der Waals surface area contributed by atoms with Crippen LogP contribution in [0.3, 0.4) is 0 Å². The molecule has 0 amide bonds. The maximum atomic E-state index is 11.1. The zero-order valence-electron chi connectivity index (χ0n) is 14.7. The first-order valence-corrected chi connectivity index (χ1v) is 9.05. The van der Waals surface area contributed by atoms with Gasteiger partial charge in [-0.15, -0.1) is 5.10 Å². The number of benzene rings is 2. The lowest BCUT2D eigenvalue weighted by atomic mass is 10.0. The second-order valence-electron chi connectivity index (χ2n) is 6.86. The highest BCUT2D eigenvalue weighted by Gasteiger charge is 2.27. The van der Waals surface area contributed by atoms with Gasteiger partial charge in [0, 0.05) is 18.2 Å². The molecule has 1 atom stereocenters. The Bertz CT molecular complexity index is 1010. The zero-order chi connectivity index (χ0) is 18.2. The van der Waals surface area contributed by atoms with Crippen molar-refractivity contribution >= 4 is 0 Å². The molecular weight excluding hydrogens is 346 g/mol. The highest BCUT2D eigenvalue weighted by Crippen LogP contribution is 2.39. The van der Waals surface area contributed by atoms with Gasteiger partial charge in [-0.25, -0.2) is 9.89 Å². The minimum atomic E-state index is -0.544. The molecule has 0 aliphatic carbocycles. The van der Waals surface area contributed by atoms with Crippen LogP contribution in [-0.4, -0.2) is 28.4 Å². The summed E-state index contributed by atoms with van der Waals surface area (Å²) in [5.41, 5.74) is 3.27. The number of nitrogens with one attached hydrogen (secondary N) is 1. The van der Waals surface area contributed by atoms with Crippen molar-refractivity contribution in [2.75, 3.05) is 13.3 Å². The summed E-state index contributed by atoms with van der Waals surface area (Å²) >= 11 is 0. The molecule has 2 aliphatic heterocycles. The molecule has 138 valence electrons. The second kappa shape index (κ2) is 6.59. The fourth-order valence-corrected chi connectivity index (χ4v) is 3.85. The summed E-state index contributed by atoms with van der Waals surface area (Å²) in [5, 5.41) is 6.15. The monoisotopic (exact) mass is 365 g/mol. The second-order valence-corrected chi connectivity index (χ2v) is 6.86. The van der Waals surface area contributed by atoms with Crippen LogP contribution in [0, 0.1) is 0 Å². The normalized spacial score (nSPS) is 18.9. The molecule has 1 unspecified atom stereocenters. The van der Waals surface area contributed by atoms with E-state index in [1.54, 1.807) is 0 Å². The number of hydrogen-bond acceptors (Lipinski definition) is 6. The first-order chi connectivity index (χ1) is 13.3. The Balaban J connectivity index is 1.33. The van der Waals surface area contributed by atoms with Crippen LogP contribution in [0.25, 0.3) is 11.5 Å². The van der Waals surface area contributed by atoms with E-state index in [2.05, 4.69) is 39.4 Å². The Hall–Kier alpha value is -3.06. The number of hydrogen-bond donors (Lipinski definition) is 1. The van der Waals surface area contributed by atoms with E-state index in [-0.39, 0.29) is 0 Å². The van der Waals surface area contributed by atoms with Gasteiger partial charge in [0.2, 0.25) is 12.7 Å². The molecule has 5 rings (SSSR count). The van der Waals surface area contributed by atoms with Crippen LogP contribution in [0.2, 0.25) is 0 Å². The van der Waals surface area contributed by atoms with Crippen molar-refractivity contribution in [1.29, 1.82) is 0 Å². The van der Waals surface area contributed by atoms with Crippen LogP contribution in [0.5, 0.6) is 11.5 Å². The number of aromatic nitrogens is 2. The first-order valence-electron chi connectivity index (χ1n) is 9.05. The highest BCUT2D eigenvalue weighted by molar-refractivity contribution is 5.52. The standard InChI is InChI=1S/C20H19N3O4/c24-20-22-21-19(27-20)14-5-3-13(4-6-14)11-23-9-1-2-16(23)15-7-8-17-18(10-15)26-12-25-17/h3-8,10,16H,1-2,9,11-12H2,(H,22,24). The molecule has 1 saturated heterocycles. The lowest BCUT2D eigenvalue weighted by molar-refractivity contribution is 0.174. The number of H-pyrrole nitrogens is 1. The van der Waals surface area contributed by atoms with Crippen molar-refractivity contribution in [2.45, 2.75) is 25.4 Å². The van der Waals surface area contributed by atoms with E-state index < -0.39 is 5.76 Å². The molecular formula is C20H19N3O4. The van der Waals surface area contributed by atoms with Crippen molar-refractivity contribution in [3.05, 3.63) is 64.1 Å².